The van der Waals surface area contributed by atoms with E-state index in [0.717, 1.165) is 5.69 Å². The molecule has 0 saturated carbocycles. The van der Waals surface area contributed by atoms with Gasteiger partial charge in [-0.15, -0.1) is 11.3 Å². The number of nitrogens with two attached hydrogens (primary N) is 1. The molecule has 1 aromatic carbocycles. The minimum absolute atomic E-state index is 0.119. The number of anilines is 2. The molecule has 5 heteroatoms. The van der Waals surface area contributed by atoms with Crippen molar-refractivity contribution in [1.29, 1.82) is 0 Å². The van der Waals surface area contributed by atoms with Crippen molar-refractivity contribution >= 4 is 28.6 Å². The van der Waals surface area contributed by atoms with E-state index in [1.165, 1.54) is 4.88 Å². The topological polar surface area (TPSA) is 67.2 Å². The first-order valence-corrected chi connectivity index (χ1v) is 7.82. The maximum Gasteiger partial charge on any atom is 0.253 e. The highest BCUT2D eigenvalue weighted by molar-refractivity contribution is 7.10. The SMILES string of the molecule is CNC(=O)c1ccc(N)cc1NC(c1cccs1)C(C)C. The fourth-order valence-corrected chi connectivity index (χ4v) is 3.17. The molecular formula is C16H21N3OS. The third kappa shape index (κ3) is 3.55. The van der Waals surface area contributed by atoms with Crippen LogP contribution in [0.25, 0.3) is 0 Å². The zero-order valence-corrected chi connectivity index (χ0v) is 13.3. The summed E-state index contributed by atoms with van der Waals surface area (Å²) in [5, 5.41) is 8.20. The largest absolute Gasteiger partial charge is 0.399 e. The molecule has 1 heterocycles. The molecule has 0 aliphatic rings. The quantitative estimate of drug-likeness (QED) is 0.741. The first-order valence-electron chi connectivity index (χ1n) is 6.94. The summed E-state index contributed by atoms with van der Waals surface area (Å²) < 4.78 is 0. The zero-order chi connectivity index (χ0) is 15.4. The molecule has 2 rings (SSSR count). The lowest BCUT2D eigenvalue weighted by Crippen LogP contribution is -2.22. The van der Waals surface area contributed by atoms with Crippen LogP contribution < -0.4 is 16.4 Å². The number of hydrogen-bond donors (Lipinski definition) is 3. The average molecular weight is 303 g/mol. The minimum atomic E-state index is -0.119. The molecular weight excluding hydrogens is 282 g/mol. The summed E-state index contributed by atoms with van der Waals surface area (Å²) in [5.41, 5.74) is 7.88. The maximum absolute atomic E-state index is 12.0. The van der Waals surface area contributed by atoms with Crippen molar-refractivity contribution in [3.63, 3.8) is 0 Å². The molecule has 21 heavy (non-hydrogen) atoms. The third-order valence-electron chi connectivity index (χ3n) is 3.34. The summed E-state index contributed by atoms with van der Waals surface area (Å²) in [6, 6.07) is 9.60. The Morgan fingerprint density at radius 1 is 1.29 bits per heavy atom. The van der Waals surface area contributed by atoms with Gasteiger partial charge in [-0.2, -0.15) is 0 Å². The number of nitrogen functional groups attached to an aromatic ring is 1. The smallest absolute Gasteiger partial charge is 0.253 e. The summed E-state index contributed by atoms with van der Waals surface area (Å²) in [5.74, 6) is 0.272. The van der Waals surface area contributed by atoms with Crippen LogP contribution in [0.15, 0.2) is 35.7 Å². The van der Waals surface area contributed by atoms with Gasteiger partial charge in [-0.25, -0.2) is 0 Å². The Labute approximate surface area is 129 Å². The Balaban J connectivity index is 2.36. The van der Waals surface area contributed by atoms with E-state index in [2.05, 4.69) is 35.9 Å². The minimum Gasteiger partial charge on any atom is -0.399 e. The molecule has 4 nitrogen and oxygen atoms in total. The van der Waals surface area contributed by atoms with E-state index in [1.807, 2.05) is 12.1 Å². The van der Waals surface area contributed by atoms with Crippen LogP contribution in [-0.4, -0.2) is 13.0 Å². The van der Waals surface area contributed by atoms with Crippen molar-refractivity contribution in [2.45, 2.75) is 19.9 Å². The molecule has 1 atom stereocenters. The number of carbonyl (C=O) groups excluding carboxylic acids is 1. The van der Waals surface area contributed by atoms with Gasteiger partial charge in [-0.1, -0.05) is 19.9 Å². The summed E-state index contributed by atoms with van der Waals surface area (Å²) in [7, 11) is 1.63. The number of carbonyl (C=O) groups is 1. The Morgan fingerprint density at radius 3 is 2.62 bits per heavy atom. The lowest BCUT2D eigenvalue weighted by atomic mass is 10.0. The van der Waals surface area contributed by atoms with Gasteiger partial charge >= 0.3 is 0 Å². The van der Waals surface area contributed by atoms with Gasteiger partial charge in [0.15, 0.2) is 0 Å². The van der Waals surface area contributed by atoms with Crippen molar-refractivity contribution in [2.75, 3.05) is 18.1 Å². The summed E-state index contributed by atoms with van der Waals surface area (Å²) >= 11 is 1.71. The predicted octanol–water partition coefficient (Wildman–Crippen LogP) is 3.50. The highest BCUT2D eigenvalue weighted by atomic mass is 32.1. The molecule has 2 aromatic rings. The monoisotopic (exact) mass is 303 g/mol. The number of thiophene rings is 1. The Hall–Kier alpha value is -2.01. The lowest BCUT2D eigenvalue weighted by molar-refractivity contribution is 0.0964. The molecule has 0 spiro atoms. The first-order chi connectivity index (χ1) is 10.0. The van der Waals surface area contributed by atoms with Crippen molar-refractivity contribution in [3.8, 4) is 0 Å². The molecule has 0 aliphatic heterocycles. The number of hydrogen-bond acceptors (Lipinski definition) is 4. The number of benzene rings is 1. The Bertz CT molecular complexity index is 608. The molecule has 112 valence electrons. The van der Waals surface area contributed by atoms with Crippen LogP contribution in [0, 0.1) is 5.92 Å². The average Bonchev–Trinajstić information content (AvgIpc) is 2.97. The standard InChI is InChI=1S/C16H21N3OS/c1-10(2)15(14-5-4-8-21-14)19-13-9-11(17)6-7-12(13)16(20)18-3/h4-10,15,19H,17H2,1-3H3,(H,18,20). The summed E-state index contributed by atoms with van der Waals surface area (Å²) in [6.07, 6.45) is 0. The molecule has 0 radical (unpaired) electrons. The Kier molecular flexibility index (Phi) is 4.85. The first kappa shape index (κ1) is 15.4. The van der Waals surface area contributed by atoms with Gasteiger partial charge in [-0.3, -0.25) is 4.79 Å². The fraction of sp³-hybridized carbons (Fsp3) is 0.312. The highest BCUT2D eigenvalue weighted by Gasteiger charge is 2.19. The molecule has 1 amide bonds. The van der Waals surface area contributed by atoms with Crippen LogP contribution in [0.5, 0.6) is 0 Å². The molecule has 1 aromatic heterocycles. The van der Waals surface area contributed by atoms with E-state index in [1.54, 1.807) is 30.5 Å². The van der Waals surface area contributed by atoms with Gasteiger partial charge in [0.1, 0.15) is 0 Å². The normalized spacial score (nSPS) is 12.2. The van der Waals surface area contributed by atoms with Gasteiger partial charge in [0.2, 0.25) is 0 Å². The van der Waals surface area contributed by atoms with E-state index in [0.29, 0.717) is 17.2 Å². The van der Waals surface area contributed by atoms with Crippen molar-refractivity contribution in [3.05, 3.63) is 46.2 Å². The molecule has 0 fully saturated rings. The van der Waals surface area contributed by atoms with Crippen molar-refractivity contribution < 1.29 is 4.79 Å². The van der Waals surface area contributed by atoms with Crippen LogP contribution in [0.3, 0.4) is 0 Å². The van der Waals surface area contributed by atoms with E-state index < -0.39 is 0 Å². The molecule has 0 aliphatic carbocycles. The second kappa shape index (κ2) is 6.63. The second-order valence-corrected chi connectivity index (χ2v) is 6.24. The van der Waals surface area contributed by atoms with E-state index in [9.17, 15) is 4.79 Å². The van der Waals surface area contributed by atoms with Gasteiger partial charge in [-0.05, 0) is 35.6 Å². The van der Waals surface area contributed by atoms with Crippen LogP contribution in [0.1, 0.15) is 35.1 Å². The summed E-state index contributed by atoms with van der Waals surface area (Å²) in [6.45, 7) is 4.31. The second-order valence-electron chi connectivity index (χ2n) is 5.27. The maximum atomic E-state index is 12.0. The predicted molar refractivity (Wildman–Crippen MR) is 89.8 cm³/mol. The highest BCUT2D eigenvalue weighted by Crippen LogP contribution is 2.31. The van der Waals surface area contributed by atoms with Gasteiger partial charge in [0.05, 0.1) is 11.6 Å². The van der Waals surface area contributed by atoms with Gasteiger partial charge < -0.3 is 16.4 Å². The Morgan fingerprint density at radius 2 is 2.05 bits per heavy atom. The van der Waals surface area contributed by atoms with E-state index >= 15 is 0 Å². The zero-order valence-electron chi connectivity index (χ0n) is 12.5. The van der Waals surface area contributed by atoms with Crippen LogP contribution in [0.2, 0.25) is 0 Å². The number of rotatable bonds is 5. The summed E-state index contributed by atoms with van der Waals surface area (Å²) in [4.78, 5) is 13.2. The van der Waals surface area contributed by atoms with Gasteiger partial charge in [0, 0.05) is 23.3 Å². The van der Waals surface area contributed by atoms with Crippen LogP contribution in [-0.2, 0) is 0 Å². The number of amides is 1. The van der Waals surface area contributed by atoms with Gasteiger partial charge in [0.25, 0.3) is 5.91 Å². The molecule has 0 saturated heterocycles. The molecule has 4 N–H and O–H groups in total. The lowest BCUT2D eigenvalue weighted by Gasteiger charge is -2.24. The molecule has 0 bridgehead atoms. The fourth-order valence-electron chi connectivity index (χ4n) is 2.22. The van der Waals surface area contributed by atoms with E-state index in [-0.39, 0.29) is 11.9 Å². The van der Waals surface area contributed by atoms with Crippen molar-refractivity contribution in [2.24, 2.45) is 5.92 Å². The van der Waals surface area contributed by atoms with E-state index in [4.69, 9.17) is 5.73 Å². The third-order valence-corrected chi connectivity index (χ3v) is 4.30. The van der Waals surface area contributed by atoms with Crippen LogP contribution >= 0.6 is 11.3 Å². The number of nitrogens with one attached hydrogen (secondary N) is 2. The van der Waals surface area contributed by atoms with Crippen molar-refractivity contribution in [1.82, 2.24) is 5.32 Å². The van der Waals surface area contributed by atoms with Crippen LogP contribution in [0.4, 0.5) is 11.4 Å². The molecule has 1 unspecified atom stereocenters.